The van der Waals surface area contributed by atoms with Gasteiger partial charge in [0.05, 0.1) is 4.70 Å². The molecule has 0 saturated carbocycles. The SMILES string of the molecule is S=c1sc2cncnc2n1-c1ccccc1. The summed E-state index contributed by atoms with van der Waals surface area (Å²) in [6.07, 6.45) is 3.34. The molecule has 2 heterocycles. The first-order valence-corrected chi connectivity index (χ1v) is 5.96. The lowest BCUT2D eigenvalue weighted by atomic mass is 10.3. The van der Waals surface area contributed by atoms with Gasteiger partial charge in [-0.2, -0.15) is 0 Å². The number of hydrogen-bond acceptors (Lipinski definition) is 4. The summed E-state index contributed by atoms with van der Waals surface area (Å²) in [4.78, 5) is 8.27. The zero-order chi connectivity index (χ0) is 11.0. The number of para-hydroxylation sites is 1. The van der Waals surface area contributed by atoms with Gasteiger partial charge < -0.3 is 0 Å². The van der Waals surface area contributed by atoms with Crippen molar-refractivity contribution < 1.29 is 0 Å². The van der Waals surface area contributed by atoms with Crippen LogP contribution in [0.25, 0.3) is 16.0 Å². The van der Waals surface area contributed by atoms with Crippen LogP contribution >= 0.6 is 23.6 Å². The van der Waals surface area contributed by atoms with Gasteiger partial charge in [-0.1, -0.05) is 18.2 Å². The van der Waals surface area contributed by atoms with Gasteiger partial charge in [-0.15, -0.1) is 11.3 Å². The summed E-state index contributed by atoms with van der Waals surface area (Å²) in [5.41, 5.74) is 1.91. The Morgan fingerprint density at radius 3 is 2.81 bits per heavy atom. The predicted octanol–water partition coefficient (Wildman–Crippen LogP) is 3.21. The van der Waals surface area contributed by atoms with Gasteiger partial charge in [-0.05, 0) is 24.4 Å². The molecule has 2 aromatic heterocycles. The number of rotatable bonds is 1. The van der Waals surface area contributed by atoms with Crippen molar-refractivity contribution in [3.63, 3.8) is 0 Å². The maximum atomic E-state index is 5.35. The molecule has 0 aliphatic heterocycles. The van der Waals surface area contributed by atoms with Gasteiger partial charge >= 0.3 is 0 Å². The summed E-state index contributed by atoms with van der Waals surface area (Å²) in [7, 11) is 0. The fourth-order valence-corrected chi connectivity index (χ4v) is 2.86. The van der Waals surface area contributed by atoms with Crippen LogP contribution in [-0.4, -0.2) is 14.5 Å². The van der Waals surface area contributed by atoms with Crippen molar-refractivity contribution in [1.82, 2.24) is 14.5 Å². The van der Waals surface area contributed by atoms with Gasteiger partial charge in [0.2, 0.25) is 0 Å². The van der Waals surface area contributed by atoms with Gasteiger partial charge in [0.1, 0.15) is 6.33 Å². The van der Waals surface area contributed by atoms with Crippen molar-refractivity contribution in [2.75, 3.05) is 0 Å². The van der Waals surface area contributed by atoms with Gasteiger partial charge in [0.15, 0.2) is 9.60 Å². The molecular formula is C11H7N3S2. The highest BCUT2D eigenvalue weighted by molar-refractivity contribution is 7.73. The number of thiazole rings is 1. The van der Waals surface area contributed by atoms with Crippen LogP contribution in [0.15, 0.2) is 42.9 Å². The summed E-state index contributed by atoms with van der Waals surface area (Å²) in [6.45, 7) is 0. The van der Waals surface area contributed by atoms with Gasteiger partial charge in [-0.25, -0.2) is 9.97 Å². The molecule has 0 unspecified atom stereocenters. The Hall–Kier alpha value is -1.59. The predicted molar refractivity (Wildman–Crippen MR) is 67.6 cm³/mol. The Morgan fingerprint density at radius 1 is 1.19 bits per heavy atom. The molecule has 16 heavy (non-hydrogen) atoms. The van der Waals surface area contributed by atoms with E-state index >= 15 is 0 Å². The average Bonchev–Trinajstić information content (AvgIpc) is 2.66. The van der Waals surface area contributed by atoms with E-state index in [0.717, 1.165) is 20.0 Å². The molecule has 0 saturated heterocycles. The Kier molecular flexibility index (Phi) is 2.27. The zero-order valence-corrected chi connectivity index (χ0v) is 9.83. The molecular weight excluding hydrogens is 238 g/mol. The topological polar surface area (TPSA) is 30.7 Å². The van der Waals surface area contributed by atoms with Crippen molar-refractivity contribution in [3.8, 4) is 5.69 Å². The molecule has 0 amide bonds. The first-order chi connectivity index (χ1) is 7.86. The Bertz CT molecular complexity index is 685. The molecule has 0 aliphatic rings. The standard InChI is InChI=1S/C11H7N3S2/c15-11-14(8-4-2-1-3-5-8)10-9(16-11)6-12-7-13-10/h1-7H. The number of fused-ring (bicyclic) bond motifs is 1. The van der Waals surface area contributed by atoms with E-state index in [2.05, 4.69) is 9.97 Å². The number of benzene rings is 1. The Labute approximate surface area is 101 Å². The van der Waals surface area contributed by atoms with E-state index in [0.29, 0.717) is 0 Å². The second-order valence-corrected chi connectivity index (χ2v) is 4.93. The number of aromatic nitrogens is 3. The highest BCUT2D eigenvalue weighted by Crippen LogP contribution is 2.23. The molecule has 0 spiro atoms. The van der Waals surface area contributed by atoms with Crippen LogP contribution in [0.4, 0.5) is 0 Å². The van der Waals surface area contributed by atoms with E-state index < -0.39 is 0 Å². The van der Waals surface area contributed by atoms with E-state index in [1.807, 2.05) is 34.9 Å². The second-order valence-electron chi connectivity index (χ2n) is 3.25. The molecule has 0 radical (unpaired) electrons. The monoisotopic (exact) mass is 245 g/mol. The molecule has 0 fully saturated rings. The molecule has 5 heteroatoms. The normalized spacial score (nSPS) is 10.8. The van der Waals surface area contributed by atoms with E-state index in [1.54, 1.807) is 12.5 Å². The molecule has 3 nitrogen and oxygen atoms in total. The summed E-state index contributed by atoms with van der Waals surface area (Å²) < 4.78 is 3.77. The maximum absolute atomic E-state index is 5.35. The maximum Gasteiger partial charge on any atom is 0.168 e. The largest absolute Gasteiger partial charge is 0.276 e. The average molecular weight is 245 g/mol. The molecule has 0 N–H and O–H groups in total. The third kappa shape index (κ3) is 1.45. The molecule has 3 rings (SSSR count). The third-order valence-electron chi connectivity index (χ3n) is 2.26. The summed E-state index contributed by atoms with van der Waals surface area (Å²) >= 11 is 6.88. The fourth-order valence-electron chi connectivity index (χ4n) is 1.58. The Morgan fingerprint density at radius 2 is 2.00 bits per heavy atom. The van der Waals surface area contributed by atoms with Crippen LogP contribution in [0.2, 0.25) is 0 Å². The van der Waals surface area contributed by atoms with Crippen LogP contribution in [0.3, 0.4) is 0 Å². The Balaban J connectivity index is 2.40. The van der Waals surface area contributed by atoms with E-state index in [4.69, 9.17) is 12.2 Å². The van der Waals surface area contributed by atoms with E-state index in [1.165, 1.54) is 11.3 Å². The van der Waals surface area contributed by atoms with Crippen LogP contribution in [0.1, 0.15) is 0 Å². The smallest absolute Gasteiger partial charge is 0.168 e. The van der Waals surface area contributed by atoms with Gasteiger partial charge in [0, 0.05) is 11.9 Å². The van der Waals surface area contributed by atoms with Crippen LogP contribution in [-0.2, 0) is 0 Å². The van der Waals surface area contributed by atoms with Crippen LogP contribution < -0.4 is 0 Å². The van der Waals surface area contributed by atoms with Crippen LogP contribution in [0, 0.1) is 3.95 Å². The second kappa shape index (κ2) is 3.77. The molecule has 3 aromatic rings. The lowest BCUT2D eigenvalue weighted by Gasteiger charge is -2.02. The van der Waals surface area contributed by atoms with E-state index in [9.17, 15) is 0 Å². The molecule has 1 aromatic carbocycles. The highest BCUT2D eigenvalue weighted by Gasteiger charge is 2.07. The molecule has 78 valence electrons. The summed E-state index contributed by atoms with van der Waals surface area (Å²) in [6, 6.07) is 9.99. The molecule has 0 bridgehead atoms. The first kappa shape index (κ1) is 9.62. The highest BCUT2D eigenvalue weighted by atomic mass is 32.1. The quantitative estimate of drug-likeness (QED) is 0.617. The summed E-state index contributed by atoms with van der Waals surface area (Å²) in [5.74, 6) is 0. The van der Waals surface area contributed by atoms with Crippen molar-refractivity contribution in [3.05, 3.63) is 46.8 Å². The van der Waals surface area contributed by atoms with Crippen LogP contribution in [0.5, 0.6) is 0 Å². The lowest BCUT2D eigenvalue weighted by molar-refractivity contribution is 1.07. The number of nitrogens with zero attached hydrogens (tertiary/aromatic N) is 3. The van der Waals surface area contributed by atoms with Gasteiger partial charge in [0.25, 0.3) is 0 Å². The fraction of sp³-hybridized carbons (Fsp3) is 0. The minimum Gasteiger partial charge on any atom is -0.276 e. The zero-order valence-electron chi connectivity index (χ0n) is 8.20. The van der Waals surface area contributed by atoms with Crippen molar-refractivity contribution >= 4 is 33.9 Å². The van der Waals surface area contributed by atoms with Gasteiger partial charge in [-0.3, -0.25) is 4.57 Å². The van der Waals surface area contributed by atoms with Crippen molar-refractivity contribution in [2.45, 2.75) is 0 Å². The van der Waals surface area contributed by atoms with Crippen molar-refractivity contribution in [2.24, 2.45) is 0 Å². The minimum absolute atomic E-state index is 0.793. The first-order valence-electron chi connectivity index (χ1n) is 4.73. The lowest BCUT2D eigenvalue weighted by Crippen LogP contribution is -1.94. The van der Waals surface area contributed by atoms with E-state index in [-0.39, 0.29) is 0 Å². The molecule has 0 atom stereocenters. The number of hydrogen-bond donors (Lipinski definition) is 0. The third-order valence-corrected chi connectivity index (χ3v) is 3.56. The molecule has 0 aliphatic carbocycles. The minimum atomic E-state index is 0.793. The van der Waals surface area contributed by atoms with Crippen molar-refractivity contribution in [1.29, 1.82) is 0 Å². The summed E-state index contributed by atoms with van der Waals surface area (Å²) in [5, 5.41) is 0.